The van der Waals surface area contributed by atoms with Crippen molar-refractivity contribution in [3.05, 3.63) is 175 Å². The molecule has 5 N–H and O–H groups in total. The Balaban J connectivity index is 0.925. The van der Waals surface area contributed by atoms with Gasteiger partial charge in [-0.1, -0.05) is 12.1 Å². The molecule has 0 saturated carbocycles. The van der Waals surface area contributed by atoms with Crippen LogP contribution < -0.4 is 32.4 Å². The summed E-state index contributed by atoms with van der Waals surface area (Å²) >= 11 is -4.06. The first-order valence-electron chi connectivity index (χ1n) is 23.6. The van der Waals surface area contributed by atoms with E-state index in [0.717, 1.165) is 57.7 Å². The number of rotatable bonds is 22. The van der Waals surface area contributed by atoms with E-state index < -0.39 is 79.9 Å². The van der Waals surface area contributed by atoms with Gasteiger partial charge in [-0.25, -0.2) is 0 Å². The molecule has 78 heavy (non-hydrogen) atoms. The van der Waals surface area contributed by atoms with Crippen molar-refractivity contribution in [2.75, 3.05) is 52.6 Å². The number of hydrogen-bond donors (Lipinski definition) is 5. The zero-order chi connectivity index (χ0) is 56.7. The molecule has 17 nitrogen and oxygen atoms in total. The van der Waals surface area contributed by atoms with Gasteiger partial charge in [0, 0.05) is 85.3 Å². The smallest absolute Gasteiger partial charge is 0.416 e. The molecular weight excluding hydrogens is 1070 g/mol. The number of carbonyl (C=O) groups excluding carboxylic acids is 2. The van der Waals surface area contributed by atoms with Crippen molar-refractivity contribution in [1.29, 1.82) is 15.9 Å². The van der Waals surface area contributed by atoms with Crippen molar-refractivity contribution in [2.24, 2.45) is 0 Å². The summed E-state index contributed by atoms with van der Waals surface area (Å²) in [4.78, 5) is 54.7. The van der Waals surface area contributed by atoms with Gasteiger partial charge in [0.25, 0.3) is 22.9 Å². The molecule has 4 aromatic carbocycles. The fraction of sp³-hybridized carbons (Fsp3) is 0.264. The van der Waals surface area contributed by atoms with E-state index in [1.807, 2.05) is 12.1 Å². The van der Waals surface area contributed by atoms with Gasteiger partial charge < -0.3 is 39.8 Å². The summed E-state index contributed by atoms with van der Waals surface area (Å²) < 4.78 is 123. The Morgan fingerprint density at radius 3 is 1.29 bits per heavy atom. The maximum Gasteiger partial charge on any atom is 0.416 e. The summed E-state index contributed by atoms with van der Waals surface area (Å²) in [6, 6.07) is 25.5. The standard InChI is InChI=1S/C53H49F6N9O8S2/c1-33-45(77(73)41-15-11-35(31-60)12-16-41)29-43(49(71)67(33)39-9-3-7-37(27-39)52(54,55)56)47(69)63-21-25-75-23-5-19-65-51(62)66-20-6-24-76-26-22-64-48(70)44-30-46(78(74)42-17-13-36(32-61)14-18-42)34(2)68(50(44)72)40-10-4-8-38(28-40)53(57,58)59/h3-4,7-18,27-30H,5-6,19-26H2,1-2H3,(H,63,69)(H,64,70)(H3,62,65,66). The number of carbonyl (C=O) groups is 2. The molecule has 0 bridgehead atoms. The van der Waals surface area contributed by atoms with Gasteiger partial charge >= 0.3 is 12.4 Å². The quantitative estimate of drug-likeness (QED) is 0.0154. The Kier molecular flexibility index (Phi) is 20.5. The van der Waals surface area contributed by atoms with E-state index in [2.05, 4.69) is 21.3 Å². The van der Waals surface area contributed by atoms with Gasteiger partial charge in [-0.3, -0.25) is 33.7 Å². The maximum atomic E-state index is 13.8. The van der Waals surface area contributed by atoms with Gasteiger partial charge in [0.2, 0.25) is 0 Å². The van der Waals surface area contributed by atoms with Crippen LogP contribution in [0.25, 0.3) is 11.4 Å². The highest BCUT2D eigenvalue weighted by molar-refractivity contribution is 7.91. The number of nitrogens with zero attached hydrogens (tertiary/aromatic N) is 4. The molecule has 6 aromatic rings. The molecule has 0 aliphatic rings. The van der Waals surface area contributed by atoms with Crippen LogP contribution in [0.1, 0.15) is 67.2 Å². The number of hydrogen-bond acceptors (Lipinski definition) is 11. The van der Waals surface area contributed by atoms with Crippen molar-refractivity contribution < 1.29 is 54.5 Å². The normalized spacial score (nSPS) is 12.2. The van der Waals surface area contributed by atoms with Crippen LogP contribution in [0.15, 0.2) is 138 Å². The average Bonchev–Trinajstić information content (AvgIpc) is 3.48. The summed E-state index contributed by atoms with van der Waals surface area (Å²) in [5, 5.41) is 37.3. The summed E-state index contributed by atoms with van der Waals surface area (Å²) in [6.45, 7) is 3.71. The first kappa shape index (κ1) is 59.3. The van der Waals surface area contributed by atoms with Crippen LogP contribution in [-0.2, 0) is 44.2 Å². The van der Waals surface area contributed by atoms with Crippen molar-refractivity contribution in [3.63, 3.8) is 0 Å². The highest BCUT2D eigenvalue weighted by atomic mass is 32.2. The number of nitriles is 2. The third-order valence-electron chi connectivity index (χ3n) is 11.5. The summed E-state index contributed by atoms with van der Waals surface area (Å²) in [5.41, 5.74) is -4.72. The molecule has 0 radical (unpaired) electrons. The zero-order valence-electron chi connectivity index (χ0n) is 41.6. The number of guanidine groups is 1. The third kappa shape index (κ3) is 15.2. The monoisotopic (exact) mass is 1120 g/mol. The minimum atomic E-state index is -4.74. The minimum absolute atomic E-state index is 0.00182. The number of ether oxygens (including phenoxy) is 2. The van der Waals surface area contributed by atoms with E-state index >= 15 is 0 Å². The van der Waals surface area contributed by atoms with E-state index in [1.54, 1.807) is 0 Å². The van der Waals surface area contributed by atoms with Crippen LogP contribution in [0.4, 0.5) is 26.3 Å². The van der Waals surface area contributed by atoms with Crippen LogP contribution in [0.3, 0.4) is 0 Å². The van der Waals surface area contributed by atoms with Crippen molar-refractivity contribution in [3.8, 4) is 23.5 Å². The second-order valence-corrected chi connectivity index (χ2v) is 19.8. The minimum Gasteiger partial charge on any atom is -0.606 e. The molecule has 0 fully saturated rings. The molecule has 408 valence electrons. The Morgan fingerprint density at radius 2 is 0.949 bits per heavy atom. The van der Waals surface area contributed by atoms with Crippen LogP contribution in [0.5, 0.6) is 0 Å². The third-order valence-corrected chi connectivity index (χ3v) is 14.6. The van der Waals surface area contributed by atoms with Crippen LogP contribution in [0, 0.1) is 41.9 Å². The van der Waals surface area contributed by atoms with Gasteiger partial charge in [-0.05, 0) is 112 Å². The fourth-order valence-corrected chi connectivity index (χ4v) is 10.0. The predicted molar refractivity (Wildman–Crippen MR) is 274 cm³/mol. The van der Waals surface area contributed by atoms with Crippen LogP contribution in [0.2, 0.25) is 0 Å². The van der Waals surface area contributed by atoms with Gasteiger partial charge in [0.15, 0.2) is 25.5 Å². The highest BCUT2D eigenvalue weighted by Crippen LogP contribution is 2.33. The molecule has 6 rings (SSSR count). The van der Waals surface area contributed by atoms with Crippen molar-refractivity contribution in [1.82, 2.24) is 30.4 Å². The summed E-state index contributed by atoms with van der Waals surface area (Å²) in [6.07, 6.45) is -8.61. The van der Waals surface area contributed by atoms with E-state index in [4.69, 9.17) is 14.9 Å². The number of nitrogens with one attached hydrogen (secondary N) is 5. The molecule has 2 aromatic heterocycles. The highest BCUT2D eigenvalue weighted by Gasteiger charge is 2.34. The van der Waals surface area contributed by atoms with Gasteiger partial charge in [-0.2, -0.15) is 36.9 Å². The first-order chi connectivity index (χ1) is 37.1. The Bertz CT molecular complexity index is 3120. The fourth-order valence-electron chi connectivity index (χ4n) is 7.59. The Morgan fingerprint density at radius 1 is 0.577 bits per heavy atom. The SMILES string of the molecule is Cc1c([S+]([O-])c2ccc(C#N)cc2)cc(C(=O)NCCOCCCNC(=N)NCCCOCCNC(=O)c2cc([S+]([O-])c3ccc(C#N)cc3)c(C)n(-c3cccc(C(F)(F)F)c3)c2=O)c(=O)n1-c1cccc(C(F)(F)F)c1. The molecule has 2 unspecified atom stereocenters. The average molecular weight is 1120 g/mol. The lowest BCUT2D eigenvalue weighted by molar-refractivity contribution is -0.138. The Hall–Kier alpha value is -7.91. The topological polar surface area (TPSA) is 262 Å². The molecule has 2 heterocycles. The van der Waals surface area contributed by atoms with Gasteiger partial charge in [0.1, 0.15) is 11.1 Å². The van der Waals surface area contributed by atoms with Crippen molar-refractivity contribution >= 4 is 40.1 Å². The van der Waals surface area contributed by atoms with E-state index in [0.29, 0.717) is 25.9 Å². The number of aromatic nitrogens is 2. The lowest BCUT2D eigenvalue weighted by atomic mass is 10.1. The molecule has 0 aliphatic heterocycles. The van der Waals surface area contributed by atoms with Crippen molar-refractivity contribution in [2.45, 2.75) is 58.6 Å². The van der Waals surface area contributed by atoms with E-state index in [9.17, 15) is 65.1 Å². The molecule has 25 heteroatoms. The van der Waals surface area contributed by atoms with Crippen LogP contribution >= 0.6 is 0 Å². The molecule has 2 amide bonds. The largest absolute Gasteiger partial charge is 0.606 e. The van der Waals surface area contributed by atoms with E-state index in [1.165, 1.54) is 74.5 Å². The van der Waals surface area contributed by atoms with Gasteiger partial charge in [0.05, 0.1) is 59.0 Å². The number of alkyl halides is 6. The lowest BCUT2D eigenvalue weighted by Gasteiger charge is -2.19. The molecular formula is C53H49F6N9O8S2. The summed E-state index contributed by atoms with van der Waals surface area (Å²) in [5.74, 6) is -1.77. The zero-order valence-corrected chi connectivity index (χ0v) is 43.2. The van der Waals surface area contributed by atoms with Gasteiger partial charge in [-0.15, -0.1) is 0 Å². The second kappa shape index (κ2) is 26.9. The molecule has 0 aliphatic carbocycles. The molecule has 0 spiro atoms. The number of benzene rings is 4. The number of halogens is 6. The lowest BCUT2D eigenvalue weighted by Crippen LogP contribution is -2.38. The predicted octanol–water partition coefficient (Wildman–Crippen LogP) is 6.81. The summed E-state index contributed by atoms with van der Waals surface area (Å²) in [7, 11) is 0. The second-order valence-electron chi connectivity index (χ2n) is 16.9. The Labute approximate surface area is 448 Å². The molecule has 0 saturated heterocycles. The number of amides is 2. The van der Waals surface area contributed by atoms with E-state index in [-0.39, 0.29) is 98.9 Å². The maximum absolute atomic E-state index is 13.8. The van der Waals surface area contributed by atoms with Crippen LogP contribution in [-0.4, -0.2) is 88.6 Å². The molecule has 2 atom stereocenters. The first-order valence-corrected chi connectivity index (χ1v) is 25.9. The number of pyridine rings is 2.